The van der Waals surface area contributed by atoms with Gasteiger partial charge in [-0.15, -0.1) is 16.2 Å². The van der Waals surface area contributed by atoms with Gasteiger partial charge in [0.2, 0.25) is 0 Å². The van der Waals surface area contributed by atoms with Crippen molar-refractivity contribution in [1.29, 1.82) is 0 Å². The number of carbonyl (C=O) groups excluding carboxylic acids is 1. The van der Waals surface area contributed by atoms with Crippen LogP contribution in [0.3, 0.4) is 0 Å². The lowest BCUT2D eigenvalue weighted by Gasteiger charge is -2.07. The van der Waals surface area contributed by atoms with Crippen LogP contribution in [0.1, 0.15) is 10.4 Å². The van der Waals surface area contributed by atoms with Gasteiger partial charge in [-0.3, -0.25) is 10.2 Å². The summed E-state index contributed by atoms with van der Waals surface area (Å²) in [5.74, 6) is -0.612. The largest absolute Gasteiger partial charge is 0.456 e. The quantitative estimate of drug-likeness (QED) is 0.454. The molecule has 27 heavy (non-hydrogen) atoms. The van der Waals surface area contributed by atoms with Gasteiger partial charge >= 0.3 is 0 Å². The molecule has 2 aromatic heterocycles. The van der Waals surface area contributed by atoms with E-state index in [1.807, 2.05) is 29.1 Å². The maximum absolute atomic E-state index is 12.4. The third-order valence-electron chi connectivity index (χ3n) is 3.83. The molecule has 0 fully saturated rings. The van der Waals surface area contributed by atoms with E-state index in [1.165, 1.54) is 6.07 Å². The minimum absolute atomic E-state index is 0.103. The number of carbonyl (C=O) groups is 1. The van der Waals surface area contributed by atoms with E-state index in [-0.39, 0.29) is 19.1 Å². The van der Waals surface area contributed by atoms with Crippen molar-refractivity contribution < 1.29 is 17.6 Å². The third-order valence-corrected chi connectivity index (χ3v) is 7.41. The van der Waals surface area contributed by atoms with Gasteiger partial charge in [-0.25, -0.2) is 8.42 Å². The average molecular weight is 441 g/mol. The molecule has 4 rings (SSSR count). The fraction of sp³-hybridized carbons (Fsp3) is 0. The van der Waals surface area contributed by atoms with Gasteiger partial charge in [-0.05, 0) is 30.3 Å². The number of thiophene rings is 1. The fourth-order valence-electron chi connectivity index (χ4n) is 2.56. The molecule has 2 N–H and O–H groups in total. The first kappa shape index (κ1) is 18.3. The zero-order valence-corrected chi connectivity index (χ0v) is 16.5. The van der Waals surface area contributed by atoms with Crippen LogP contribution in [-0.2, 0) is 10.0 Å². The van der Waals surface area contributed by atoms with Crippen LogP contribution < -0.4 is 10.3 Å². The predicted octanol–water partition coefficient (Wildman–Crippen LogP) is 4.58. The van der Waals surface area contributed by atoms with Crippen LogP contribution in [0.4, 0.5) is 0 Å². The lowest BCUT2D eigenvalue weighted by molar-refractivity contribution is 0.0945. The first-order valence-corrected chi connectivity index (χ1v) is 10.6. The first-order valence-electron chi connectivity index (χ1n) is 7.53. The summed E-state index contributed by atoms with van der Waals surface area (Å²) in [6, 6.07) is 13.5. The number of furan rings is 1. The highest BCUT2D eigenvalue weighted by atomic mass is 35.5. The number of fused-ring (bicyclic) bond motifs is 3. The molecular weight excluding hydrogens is 431 g/mol. The minimum Gasteiger partial charge on any atom is -0.456 e. The standard InChI is InChI=1S/C17H10Cl2N2O4S2/c18-12-8-15(26-16(12)19)27(23,24)21-20-17(22)9-5-6-14-11(7-9)10-3-1-2-4-13(10)25-14/h1-8,21H,(H,20,22). The molecule has 0 aliphatic rings. The molecule has 138 valence electrons. The predicted molar refractivity (Wildman–Crippen MR) is 106 cm³/mol. The normalized spacial score (nSPS) is 11.9. The zero-order valence-electron chi connectivity index (χ0n) is 13.3. The number of halogens is 2. The molecule has 2 heterocycles. The highest BCUT2D eigenvalue weighted by molar-refractivity contribution is 7.91. The van der Waals surface area contributed by atoms with Crippen LogP contribution in [0.25, 0.3) is 21.9 Å². The number of hydrazine groups is 1. The number of nitrogens with one attached hydrogen (secondary N) is 2. The molecular formula is C17H10Cl2N2O4S2. The van der Waals surface area contributed by atoms with Crippen molar-refractivity contribution in [1.82, 2.24) is 10.3 Å². The van der Waals surface area contributed by atoms with E-state index in [9.17, 15) is 13.2 Å². The number of hydrogen-bond donors (Lipinski definition) is 2. The molecule has 0 unspecified atom stereocenters. The van der Waals surface area contributed by atoms with Gasteiger partial charge in [0.05, 0.1) is 5.02 Å². The Morgan fingerprint density at radius 2 is 1.74 bits per heavy atom. The summed E-state index contributed by atoms with van der Waals surface area (Å²) in [5.41, 5.74) is 3.80. The number of para-hydroxylation sites is 1. The van der Waals surface area contributed by atoms with E-state index in [0.717, 1.165) is 22.1 Å². The molecule has 0 spiro atoms. The Morgan fingerprint density at radius 1 is 1.00 bits per heavy atom. The van der Waals surface area contributed by atoms with Gasteiger partial charge in [-0.1, -0.05) is 41.4 Å². The van der Waals surface area contributed by atoms with Crippen LogP contribution in [0, 0.1) is 0 Å². The fourth-order valence-corrected chi connectivity index (χ4v) is 5.28. The molecule has 0 aliphatic carbocycles. The number of hydrogen-bond acceptors (Lipinski definition) is 5. The molecule has 0 saturated carbocycles. The number of benzene rings is 2. The summed E-state index contributed by atoms with van der Waals surface area (Å²) in [6.45, 7) is 0. The second-order valence-electron chi connectivity index (χ2n) is 5.56. The van der Waals surface area contributed by atoms with Gasteiger partial charge in [0.25, 0.3) is 15.9 Å². The Morgan fingerprint density at radius 3 is 2.48 bits per heavy atom. The van der Waals surface area contributed by atoms with E-state index in [2.05, 4.69) is 5.43 Å². The van der Waals surface area contributed by atoms with Gasteiger partial charge in [0.15, 0.2) is 0 Å². The van der Waals surface area contributed by atoms with E-state index in [0.29, 0.717) is 11.2 Å². The smallest absolute Gasteiger partial charge is 0.266 e. The summed E-state index contributed by atoms with van der Waals surface area (Å²) in [7, 11) is -3.98. The summed E-state index contributed by atoms with van der Waals surface area (Å²) < 4.78 is 30.2. The molecule has 0 atom stereocenters. The zero-order chi connectivity index (χ0) is 19.2. The Hall–Kier alpha value is -2.10. The average Bonchev–Trinajstić information content (AvgIpc) is 3.19. The van der Waals surface area contributed by atoms with E-state index in [4.69, 9.17) is 27.6 Å². The third kappa shape index (κ3) is 3.42. The van der Waals surface area contributed by atoms with Crippen LogP contribution in [0.2, 0.25) is 9.36 Å². The van der Waals surface area contributed by atoms with Crippen molar-refractivity contribution in [2.24, 2.45) is 0 Å². The van der Waals surface area contributed by atoms with Crippen molar-refractivity contribution in [2.75, 3.05) is 0 Å². The minimum atomic E-state index is -3.98. The molecule has 1 amide bonds. The van der Waals surface area contributed by atoms with E-state index >= 15 is 0 Å². The van der Waals surface area contributed by atoms with Crippen molar-refractivity contribution in [3.05, 3.63) is 63.5 Å². The van der Waals surface area contributed by atoms with Crippen molar-refractivity contribution in [3.8, 4) is 0 Å². The van der Waals surface area contributed by atoms with Gasteiger partial charge in [0, 0.05) is 16.3 Å². The van der Waals surface area contributed by atoms with Gasteiger partial charge < -0.3 is 4.42 Å². The van der Waals surface area contributed by atoms with E-state index in [1.54, 1.807) is 18.2 Å². The Balaban J connectivity index is 1.58. The molecule has 0 saturated heterocycles. The SMILES string of the molecule is O=C(NNS(=O)(=O)c1cc(Cl)c(Cl)s1)c1ccc2oc3ccccc3c2c1. The number of amides is 1. The molecule has 6 nitrogen and oxygen atoms in total. The molecule has 0 aliphatic heterocycles. The van der Waals surface area contributed by atoms with E-state index < -0.39 is 15.9 Å². The summed E-state index contributed by atoms with van der Waals surface area (Å²) in [5, 5.41) is 1.76. The van der Waals surface area contributed by atoms with Gasteiger partial charge in [0.1, 0.15) is 19.7 Å². The summed E-state index contributed by atoms with van der Waals surface area (Å²) in [6.07, 6.45) is 0. The van der Waals surface area contributed by atoms with Crippen LogP contribution >= 0.6 is 34.5 Å². The molecule has 10 heteroatoms. The maximum Gasteiger partial charge on any atom is 0.266 e. The highest BCUT2D eigenvalue weighted by Gasteiger charge is 2.20. The monoisotopic (exact) mass is 440 g/mol. The summed E-state index contributed by atoms with van der Waals surface area (Å²) >= 11 is 12.4. The first-order chi connectivity index (χ1) is 12.8. The topological polar surface area (TPSA) is 88.4 Å². The van der Waals surface area contributed by atoms with Crippen LogP contribution in [-0.4, -0.2) is 14.3 Å². The van der Waals surface area contributed by atoms with Crippen molar-refractivity contribution >= 4 is 72.4 Å². The van der Waals surface area contributed by atoms with Crippen molar-refractivity contribution in [2.45, 2.75) is 4.21 Å². The van der Waals surface area contributed by atoms with Crippen LogP contribution in [0.15, 0.2) is 57.2 Å². The number of sulfonamides is 1. The molecule has 4 aromatic rings. The second-order valence-corrected chi connectivity index (χ2v) is 9.53. The van der Waals surface area contributed by atoms with Crippen molar-refractivity contribution in [3.63, 3.8) is 0 Å². The molecule has 0 radical (unpaired) electrons. The highest BCUT2D eigenvalue weighted by Crippen LogP contribution is 2.34. The van der Waals surface area contributed by atoms with Gasteiger partial charge in [-0.2, -0.15) is 0 Å². The van der Waals surface area contributed by atoms with Crippen LogP contribution in [0.5, 0.6) is 0 Å². The molecule has 0 bridgehead atoms. The second kappa shape index (κ2) is 6.81. The number of rotatable bonds is 4. The Kier molecular flexibility index (Phi) is 4.61. The Labute approximate surface area is 167 Å². The Bertz CT molecular complexity index is 1280. The lowest BCUT2D eigenvalue weighted by Crippen LogP contribution is -2.41. The molecule has 2 aromatic carbocycles. The maximum atomic E-state index is 12.4. The lowest BCUT2D eigenvalue weighted by atomic mass is 10.1. The summed E-state index contributed by atoms with van der Waals surface area (Å²) in [4.78, 5) is 14.4.